The molecule has 0 aliphatic carbocycles. The molecule has 21 heavy (non-hydrogen) atoms. The van der Waals surface area contributed by atoms with E-state index in [0.29, 0.717) is 0 Å². The van der Waals surface area contributed by atoms with E-state index >= 15 is 0 Å². The zero-order chi connectivity index (χ0) is 14.9. The second-order valence-corrected chi connectivity index (χ2v) is 6.21. The number of hydrogen-bond donors (Lipinski definition) is 1. The van der Waals surface area contributed by atoms with Crippen LogP contribution in [0.25, 0.3) is 0 Å². The molecular formula is C19H22OS. The molecule has 0 aliphatic rings. The normalized spacial score (nSPS) is 13.6. The first-order chi connectivity index (χ1) is 10.3. The summed E-state index contributed by atoms with van der Waals surface area (Å²) >= 11 is 1.77. The molecule has 110 valence electrons. The summed E-state index contributed by atoms with van der Waals surface area (Å²) < 4.78 is 0. The van der Waals surface area contributed by atoms with Crippen molar-refractivity contribution in [3.05, 3.63) is 78.9 Å². The predicted molar refractivity (Wildman–Crippen MR) is 91.6 cm³/mol. The molecule has 2 rings (SSSR count). The van der Waals surface area contributed by atoms with Gasteiger partial charge in [0, 0.05) is 16.6 Å². The Bertz CT molecular complexity index is 524. The molecule has 0 amide bonds. The Morgan fingerprint density at radius 1 is 1.00 bits per heavy atom. The summed E-state index contributed by atoms with van der Waals surface area (Å²) in [6.07, 6.45) is 3.23. The summed E-state index contributed by atoms with van der Waals surface area (Å²) in [6.45, 7) is 3.88. The fourth-order valence-corrected chi connectivity index (χ4v) is 3.31. The van der Waals surface area contributed by atoms with Crippen molar-refractivity contribution in [2.75, 3.05) is 5.75 Å². The van der Waals surface area contributed by atoms with Gasteiger partial charge in [0.1, 0.15) is 0 Å². The highest BCUT2D eigenvalue weighted by Gasteiger charge is 2.16. The molecule has 0 aliphatic heterocycles. The maximum atomic E-state index is 10.4. The van der Waals surface area contributed by atoms with Gasteiger partial charge in [0.2, 0.25) is 0 Å². The predicted octanol–water partition coefficient (Wildman–Crippen LogP) is 4.57. The average molecular weight is 298 g/mol. The first-order valence-corrected chi connectivity index (χ1v) is 8.30. The van der Waals surface area contributed by atoms with Crippen LogP contribution >= 0.6 is 11.8 Å². The first-order valence-electron chi connectivity index (χ1n) is 7.32. The average Bonchev–Trinajstić information content (AvgIpc) is 2.55. The molecule has 1 nitrogen and oxygen atoms in total. The van der Waals surface area contributed by atoms with Gasteiger partial charge in [-0.05, 0) is 30.5 Å². The quantitative estimate of drug-likeness (QED) is 0.569. The first kappa shape index (κ1) is 15.9. The standard InChI is InChI=1S/C19H22OS/c1-2-17(15-21-18-11-7-4-8-12-18)19(20)14-13-16-9-5-3-6-10-16/h2-12,17,19-20H,1,13-15H2/t17-,19-/m0/s1. The molecule has 0 saturated carbocycles. The van der Waals surface area contributed by atoms with Crippen molar-refractivity contribution in [3.63, 3.8) is 0 Å². The highest BCUT2D eigenvalue weighted by atomic mass is 32.2. The number of aryl methyl sites for hydroxylation is 1. The molecule has 0 spiro atoms. The number of thioether (sulfide) groups is 1. The van der Waals surface area contributed by atoms with Crippen LogP contribution in [-0.2, 0) is 6.42 Å². The van der Waals surface area contributed by atoms with Crippen molar-refractivity contribution in [3.8, 4) is 0 Å². The van der Waals surface area contributed by atoms with Gasteiger partial charge in [-0.15, -0.1) is 18.3 Å². The van der Waals surface area contributed by atoms with Crippen LogP contribution in [0.3, 0.4) is 0 Å². The lowest BCUT2D eigenvalue weighted by Gasteiger charge is -2.19. The lowest BCUT2D eigenvalue weighted by molar-refractivity contribution is 0.130. The van der Waals surface area contributed by atoms with Crippen LogP contribution in [0.1, 0.15) is 12.0 Å². The van der Waals surface area contributed by atoms with Gasteiger partial charge in [-0.2, -0.15) is 0 Å². The molecule has 0 radical (unpaired) electrons. The Balaban J connectivity index is 1.81. The summed E-state index contributed by atoms with van der Waals surface area (Å²) in [5.41, 5.74) is 1.27. The van der Waals surface area contributed by atoms with Crippen molar-refractivity contribution in [2.24, 2.45) is 5.92 Å². The molecular weight excluding hydrogens is 276 g/mol. The van der Waals surface area contributed by atoms with Crippen LogP contribution in [-0.4, -0.2) is 17.0 Å². The van der Waals surface area contributed by atoms with Gasteiger partial charge in [0.25, 0.3) is 0 Å². The van der Waals surface area contributed by atoms with Crippen molar-refractivity contribution in [2.45, 2.75) is 23.8 Å². The van der Waals surface area contributed by atoms with Crippen LogP contribution in [0.2, 0.25) is 0 Å². The molecule has 2 heteroatoms. The van der Waals surface area contributed by atoms with Crippen molar-refractivity contribution in [1.29, 1.82) is 0 Å². The smallest absolute Gasteiger partial charge is 0.0613 e. The van der Waals surface area contributed by atoms with Gasteiger partial charge in [-0.3, -0.25) is 0 Å². The minimum Gasteiger partial charge on any atom is -0.392 e. The third-order valence-electron chi connectivity index (χ3n) is 3.55. The van der Waals surface area contributed by atoms with E-state index in [1.165, 1.54) is 10.5 Å². The van der Waals surface area contributed by atoms with E-state index in [1.807, 2.05) is 42.5 Å². The van der Waals surface area contributed by atoms with E-state index in [-0.39, 0.29) is 12.0 Å². The van der Waals surface area contributed by atoms with Crippen LogP contribution in [0.5, 0.6) is 0 Å². The Hall–Kier alpha value is -1.51. The zero-order valence-electron chi connectivity index (χ0n) is 12.2. The monoisotopic (exact) mass is 298 g/mol. The van der Waals surface area contributed by atoms with E-state index in [9.17, 15) is 5.11 Å². The second kappa shape index (κ2) is 8.71. The van der Waals surface area contributed by atoms with E-state index in [4.69, 9.17) is 0 Å². The van der Waals surface area contributed by atoms with Crippen molar-refractivity contribution in [1.82, 2.24) is 0 Å². The van der Waals surface area contributed by atoms with Gasteiger partial charge in [-0.25, -0.2) is 0 Å². The molecule has 1 N–H and O–H groups in total. The summed E-state index contributed by atoms with van der Waals surface area (Å²) in [6, 6.07) is 20.6. The van der Waals surface area contributed by atoms with Gasteiger partial charge >= 0.3 is 0 Å². The minimum atomic E-state index is -0.334. The Morgan fingerprint density at radius 2 is 1.62 bits per heavy atom. The molecule has 0 bridgehead atoms. The SMILES string of the molecule is C=C[C@@H](CSc1ccccc1)[C@@H](O)CCc1ccccc1. The molecule has 0 heterocycles. The van der Waals surface area contributed by atoms with E-state index in [2.05, 4.69) is 30.8 Å². The van der Waals surface area contributed by atoms with Crippen LogP contribution in [0.15, 0.2) is 78.2 Å². The minimum absolute atomic E-state index is 0.124. The lowest BCUT2D eigenvalue weighted by Crippen LogP contribution is -2.21. The van der Waals surface area contributed by atoms with Gasteiger partial charge in [0.05, 0.1) is 6.10 Å². The molecule has 2 atom stereocenters. The summed E-state index contributed by atoms with van der Waals surface area (Å²) in [5, 5.41) is 10.4. The number of rotatable bonds is 8. The largest absolute Gasteiger partial charge is 0.392 e. The van der Waals surface area contributed by atoms with Crippen LogP contribution < -0.4 is 0 Å². The molecule has 2 aromatic carbocycles. The fraction of sp³-hybridized carbons (Fsp3) is 0.263. The third-order valence-corrected chi connectivity index (χ3v) is 4.71. The fourth-order valence-electron chi connectivity index (χ4n) is 2.22. The third kappa shape index (κ3) is 5.41. The number of aliphatic hydroxyl groups excluding tert-OH is 1. The Morgan fingerprint density at radius 3 is 2.24 bits per heavy atom. The van der Waals surface area contributed by atoms with Crippen molar-refractivity contribution < 1.29 is 5.11 Å². The number of hydrogen-bond acceptors (Lipinski definition) is 2. The van der Waals surface area contributed by atoms with Gasteiger partial charge in [0.15, 0.2) is 0 Å². The van der Waals surface area contributed by atoms with Crippen LogP contribution in [0.4, 0.5) is 0 Å². The van der Waals surface area contributed by atoms with E-state index in [1.54, 1.807) is 11.8 Å². The van der Waals surface area contributed by atoms with Crippen LogP contribution in [0, 0.1) is 5.92 Å². The summed E-state index contributed by atoms with van der Waals surface area (Å²) in [5.74, 6) is 0.989. The molecule has 0 unspecified atom stereocenters. The van der Waals surface area contributed by atoms with Crippen molar-refractivity contribution >= 4 is 11.8 Å². The highest BCUT2D eigenvalue weighted by Crippen LogP contribution is 2.24. The molecule has 2 aromatic rings. The molecule has 0 saturated heterocycles. The number of aliphatic hydroxyl groups is 1. The highest BCUT2D eigenvalue weighted by molar-refractivity contribution is 7.99. The number of benzene rings is 2. The Labute approximate surface area is 131 Å². The van der Waals surface area contributed by atoms with E-state index in [0.717, 1.165) is 18.6 Å². The molecule has 0 aromatic heterocycles. The van der Waals surface area contributed by atoms with Gasteiger partial charge < -0.3 is 5.11 Å². The lowest BCUT2D eigenvalue weighted by atomic mass is 9.98. The van der Waals surface area contributed by atoms with E-state index < -0.39 is 0 Å². The maximum absolute atomic E-state index is 10.4. The summed E-state index contributed by atoms with van der Waals surface area (Å²) in [4.78, 5) is 1.24. The molecule has 0 fully saturated rings. The van der Waals surface area contributed by atoms with Gasteiger partial charge in [-0.1, -0.05) is 54.6 Å². The Kier molecular flexibility index (Phi) is 6.58. The summed E-state index contributed by atoms with van der Waals surface area (Å²) in [7, 11) is 0. The zero-order valence-corrected chi connectivity index (χ0v) is 13.0. The second-order valence-electron chi connectivity index (χ2n) is 5.12. The maximum Gasteiger partial charge on any atom is 0.0613 e. The topological polar surface area (TPSA) is 20.2 Å².